The molecule has 0 radical (unpaired) electrons. The van der Waals surface area contributed by atoms with Crippen LogP contribution in [0.15, 0.2) is 36.7 Å². The molecular weight excluding hydrogens is 290 g/mol. The van der Waals surface area contributed by atoms with E-state index in [0.29, 0.717) is 5.69 Å². The standard InChI is InChI=1S/C18H21N3O2/c1-13-11-20-16(12-19-13)18(22)21-9-4-3-8-17(21)14-6-5-7-15(10-14)23-2/h5-7,10-12,17H,3-4,8-9H2,1-2H3. The van der Waals surface area contributed by atoms with Crippen LogP contribution in [-0.2, 0) is 0 Å². The lowest BCUT2D eigenvalue weighted by Gasteiger charge is -2.36. The normalized spacial score (nSPS) is 17.8. The summed E-state index contributed by atoms with van der Waals surface area (Å²) in [5.74, 6) is 0.764. The molecule has 3 rings (SSSR count). The molecule has 1 fully saturated rings. The van der Waals surface area contributed by atoms with Gasteiger partial charge >= 0.3 is 0 Å². The highest BCUT2D eigenvalue weighted by Gasteiger charge is 2.29. The Labute approximate surface area is 136 Å². The summed E-state index contributed by atoms with van der Waals surface area (Å²) in [5.41, 5.74) is 2.33. The number of benzene rings is 1. The number of carbonyl (C=O) groups is 1. The van der Waals surface area contributed by atoms with Crippen LogP contribution in [0.3, 0.4) is 0 Å². The van der Waals surface area contributed by atoms with Crippen molar-refractivity contribution in [3.05, 3.63) is 53.6 Å². The number of ether oxygens (including phenoxy) is 1. The van der Waals surface area contributed by atoms with Crippen molar-refractivity contribution < 1.29 is 9.53 Å². The highest BCUT2D eigenvalue weighted by Crippen LogP contribution is 2.33. The topological polar surface area (TPSA) is 55.3 Å². The van der Waals surface area contributed by atoms with Crippen LogP contribution in [0.1, 0.15) is 47.1 Å². The Morgan fingerprint density at radius 3 is 2.87 bits per heavy atom. The van der Waals surface area contributed by atoms with Crippen LogP contribution >= 0.6 is 0 Å². The number of hydrogen-bond acceptors (Lipinski definition) is 4. The third-order valence-corrected chi connectivity index (χ3v) is 4.24. The number of likely N-dealkylation sites (tertiary alicyclic amines) is 1. The second kappa shape index (κ2) is 6.77. The van der Waals surface area contributed by atoms with Crippen molar-refractivity contribution in [2.24, 2.45) is 0 Å². The van der Waals surface area contributed by atoms with E-state index >= 15 is 0 Å². The molecule has 0 spiro atoms. The van der Waals surface area contributed by atoms with Crippen molar-refractivity contribution in [1.82, 2.24) is 14.9 Å². The van der Waals surface area contributed by atoms with Crippen LogP contribution in [0, 0.1) is 6.92 Å². The summed E-state index contributed by atoms with van der Waals surface area (Å²) in [6, 6.07) is 8.02. The van der Waals surface area contributed by atoms with Gasteiger partial charge in [-0.2, -0.15) is 0 Å². The number of nitrogens with zero attached hydrogens (tertiary/aromatic N) is 3. The van der Waals surface area contributed by atoms with Gasteiger partial charge in [-0.15, -0.1) is 0 Å². The minimum atomic E-state index is -0.0509. The van der Waals surface area contributed by atoms with Crippen LogP contribution in [-0.4, -0.2) is 34.4 Å². The minimum Gasteiger partial charge on any atom is -0.497 e. The summed E-state index contributed by atoms with van der Waals surface area (Å²) in [5, 5.41) is 0. The Kier molecular flexibility index (Phi) is 4.55. The fourth-order valence-electron chi connectivity index (χ4n) is 3.02. The molecule has 0 saturated carbocycles. The second-order valence-corrected chi connectivity index (χ2v) is 5.83. The molecule has 120 valence electrons. The molecule has 2 aromatic rings. The maximum atomic E-state index is 12.8. The van der Waals surface area contributed by atoms with Gasteiger partial charge < -0.3 is 9.64 Å². The summed E-state index contributed by atoms with van der Waals surface area (Å²) in [7, 11) is 1.66. The van der Waals surface area contributed by atoms with E-state index in [0.717, 1.165) is 42.8 Å². The summed E-state index contributed by atoms with van der Waals surface area (Å²) >= 11 is 0. The number of hydrogen-bond donors (Lipinski definition) is 0. The van der Waals surface area contributed by atoms with Gasteiger partial charge in [-0.25, -0.2) is 4.98 Å². The molecule has 1 unspecified atom stereocenters. The first kappa shape index (κ1) is 15.5. The predicted molar refractivity (Wildman–Crippen MR) is 87.4 cm³/mol. The second-order valence-electron chi connectivity index (χ2n) is 5.83. The molecule has 1 atom stereocenters. The number of aryl methyl sites for hydroxylation is 1. The van der Waals surface area contributed by atoms with Crippen LogP contribution < -0.4 is 4.74 Å². The summed E-state index contributed by atoms with van der Waals surface area (Å²) in [4.78, 5) is 23.2. The van der Waals surface area contributed by atoms with Crippen LogP contribution in [0.25, 0.3) is 0 Å². The maximum absolute atomic E-state index is 12.8. The monoisotopic (exact) mass is 311 g/mol. The molecule has 5 heteroatoms. The number of methoxy groups -OCH3 is 1. The van der Waals surface area contributed by atoms with E-state index in [1.807, 2.05) is 30.0 Å². The van der Waals surface area contributed by atoms with E-state index in [2.05, 4.69) is 16.0 Å². The molecule has 0 N–H and O–H groups in total. The van der Waals surface area contributed by atoms with Crippen molar-refractivity contribution >= 4 is 5.91 Å². The first-order valence-corrected chi connectivity index (χ1v) is 7.92. The summed E-state index contributed by atoms with van der Waals surface area (Å²) in [6.07, 6.45) is 6.29. The lowest BCUT2D eigenvalue weighted by Crippen LogP contribution is -2.39. The van der Waals surface area contributed by atoms with E-state index in [1.165, 1.54) is 0 Å². The van der Waals surface area contributed by atoms with Crippen molar-refractivity contribution in [1.29, 1.82) is 0 Å². The van der Waals surface area contributed by atoms with Gasteiger partial charge in [0.05, 0.1) is 25.0 Å². The number of piperidine rings is 1. The van der Waals surface area contributed by atoms with Crippen LogP contribution in [0.2, 0.25) is 0 Å². The number of aromatic nitrogens is 2. The van der Waals surface area contributed by atoms with Crippen molar-refractivity contribution in [3.8, 4) is 5.75 Å². The van der Waals surface area contributed by atoms with Crippen molar-refractivity contribution in [3.63, 3.8) is 0 Å². The smallest absolute Gasteiger partial charge is 0.274 e. The maximum Gasteiger partial charge on any atom is 0.274 e. The van der Waals surface area contributed by atoms with Gasteiger partial charge in [0.1, 0.15) is 11.4 Å². The fourth-order valence-corrected chi connectivity index (χ4v) is 3.02. The van der Waals surface area contributed by atoms with Crippen molar-refractivity contribution in [2.45, 2.75) is 32.2 Å². The van der Waals surface area contributed by atoms with Gasteiger partial charge in [0, 0.05) is 12.7 Å². The molecule has 0 bridgehead atoms. The molecular formula is C18H21N3O2. The molecule has 1 saturated heterocycles. The van der Waals surface area contributed by atoms with E-state index in [4.69, 9.17) is 4.74 Å². The Bertz CT molecular complexity index is 685. The van der Waals surface area contributed by atoms with Gasteiger partial charge in [0.25, 0.3) is 5.91 Å². The SMILES string of the molecule is COc1cccc(C2CCCCN2C(=O)c2cnc(C)cn2)c1. The molecule has 5 nitrogen and oxygen atoms in total. The quantitative estimate of drug-likeness (QED) is 0.873. The van der Waals surface area contributed by atoms with Gasteiger partial charge in [-0.1, -0.05) is 12.1 Å². The molecule has 0 aliphatic carbocycles. The first-order chi connectivity index (χ1) is 11.2. The largest absolute Gasteiger partial charge is 0.497 e. The summed E-state index contributed by atoms with van der Waals surface area (Å²) in [6.45, 7) is 2.61. The molecule has 2 heterocycles. The number of rotatable bonds is 3. The predicted octanol–water partition coefficient (Wildman–Crippen LogP) is 3.16. The molecule has 1 amide bonds. The zero-order valence-corrected chi connectivity index (χ0v) is 13.5. The van der Waals surface area contributed by atoms with Crippen LogP contribution in [0.5, 0.6) is 5.75 Å². The summed E-state index contributed by atoms with van der Waals surface area (Å²) < 4.78 is 5.31. The van der Waals surface area contributed by atoms with E-state index in [9.17, 15) is 4.79 Å². The van der Waals surface area contributed by atoms with Crippen LogP contribution in [0.4, 0.5) is 0 Å². The zero-order chi connectivity index (χ0) is 16.2. The lowest BCUT2D eigenvalue weighted by molar-refractivity contribution is 0.0604. The fraction of sp³-hybridized carbons (Fsp3) is 0.389. The molecule has 1 aromatic carbocycles. The van der Waals surface area contributed by atoms with E-state index in [1.54, 1.807) is 19.5 Å². The zero-order valence-electron chi connectivity index (χ0n) is 13.5. The number of amides is 1. The van der Waals surface area contributed by atoms with Gasteiger partial charge in [-0.3, -0.25) is 9.78 Å². The average Bonchev–Trinajstić information content (AvgIpc) is 2.62. The number of carbonyl (C=O) groups excluding carboxylic acids is 1. The molecule has 1 aliphatic heterocycles. The average molecular weight is 311 g/mol. The molecule has 23 heavy (non-hydrogen) atoms. The molecule has 1 aliphatic rings. The van der Waals surface area contributed by atoms with E-state index in [-0.39, 0.29) is 11.9 Å². The Morgan fingerprint density at radius 2 is 2.13 bits per heavy atom. The highest BCUT2D eigenvalue weighted by molar-refractivity contribution is 5.92. The third kappa shape index (κ3) is 3.33. The first-order valence-electron chi connectivity index (χ1n) is 7.92. The highest BCUT2D eigenvalue weighted by atomic mass is 16.5. The third-order valence-electron chi connectivity index (χ3n) is 4.24. The minimum absolute atomic E-state index is 0.0509. The Balaban J connectivity index is 1.88. The Hall–Kier alpha value is -2.43. The Morgan fingerprint density at radius 1 is 1.26 bits per heavy atom. The van der Waals surface area contributed by atoms with Gasteiger partial charge in [0.15, 0.2) is 0 Å². The van der Waals surface area contributed by atoms with Gasteiger partial charge in [-0.05, 0) is 43.9 Å². The van der Waals surface area contributed by atoms with Gasteiger partial charge in [0.2, 0.25) is 0 Å². The van der Waals surface area contributed by atoms with E-state index < -0.39 is 0 Å². The lowest BCUT2D eigenvalue weighted by atomic mass is 9.94. The van der Waals surface area contributed by atoms with Crippen molar-refractivity contribution in [2.75, 3.05) is 13.7 Å². The molecule has 1 aromatic heterocycles.